The molecule has 0 aliphatic rings. The van der Waals surface area contributed by atoms with E-state index in [0.29, 0.717) is 29.7 Å². The van der Waals surface area contributed by atoms with Gasteiger partial charge in [0.15, 0.2) is 0 Å². The largest absolute Gasteiger partial charge is 0.492 e. The van der Waals surface area contributed by atoms with Crippen molar-refractivity contribution in [2.75, 3.05) is 18.5 Å². The monoisotopic (exact) mass is 299 g/mol. The number of rotatable bonds is 7. The second-order valence-electron chi connectivity index (χ2n) is 4.89. The van der Waals surface area contributed by atoms with E-state index in [2.05, 4.69) is 5.32 Å². The van der Waals surface area contributed by atoms with Crippen molar-refractivity contribution in [3.8, 4) is 5.75 Å². The van der Waals surface area contributed by atoms with E-state index < -0.39 is 5.60 Å². The first-order valence-electron chi connectivity index (χ1n) is 6.78. The fourth-order valence-corrected chi connectivity index (χ4v) is 1.79. The van der Waals surface area contributed by atoms with Crippen LogP contribution in [0.2, 0.25) is 5.02 Å². The van der Waals surface area contributed by atoms with Gasteiger partial charge in [-0.3, -0.25) is 4.79 Å². The highest BCUT2D eigenvalue weighted by Crippen LogP contribution is 2.28. The molecule has 5 heteroatoms. The predicted molar refractivity (Wildman–Crippen MR) is 81.6 cm³/mol. The van der Waals surface area contributed by atoms with Crippen LogP contribution in [0.3, 0.4) is 0 Å². The van der Waals surface area contributed by atoms with E-state index >= 15 is 0 Å². The van der Waals surface area contributed by atoms with Gasteiger partial charge >= 0.3 is 0 Å². The standard InChI is InChI=1S/C15H22ClNO3/c1-5-9-20-15(3,4)14(18)17-11-7-8-13(19-6-2)12(16)10-11/h7-8,10H,5-6,9H2,1-4H3,(H,17,18). The fourth-order valence-electron chi connectivity index (χ4n) is 1.56. The molecule has 0 aromatic heterocycles. The summed E-state index contributed by atoms with van der Waals surface area (Å²) in [6.45, 7) is 8.47. The predicted octanol–water partition coefficient (Wildman–Crippen LogP) is 3.88. The van der Waals surface area contributed by atoms with Crippen LogP contribution in [0.5, 0.6) is 5.75 Å². The van der Waals surface area contributed by atoms with Crippen LogP contribution in [0.15, 0.2) is 18.2 Å². The third kappa shape index (κ3) is 4.69. The number of halogens is 1. The van der Waals surface area contributed by atoms with Crippen molar-refractivity contribution in [1.29, 1.82) is 0 Å². The molecule has 1 N–H and O–H groups in total. The second kappa shape index (κ2) is 7.50. The van der Waals surface area contributed by atoms with Gasteiger partial charge in [-0.25, -0.2) is 0 Å². The minimum atomic E-state index is -0.874. The molecular weight excluding hydrogens is 278 g/mol. The summed E-state index contributed by atoms with van der Waals surface area (Å²) >= 11 is 6.08. The quantitative estimate of drug-likeness (QED) is 0.831. The molecule has 1 aromatic rings. The third-order valence-electron chi connectivity index (χ3n) is 2.70. The number of nitrogens with one attached hydrogen (secondary N) is 1. The molecule has 0 radical (unpaired) electrons. The Hall–Kier alpha value is -1.26. The Morgan fingerprint density at radius 2 is 2.05 bits per heavy atom. The molecule has 1 rings (SSSR count). The van der Waals surface area contributed by atoms with Crippen molar-refractivity contribution in [3.05, 3.63) is 23.2 Å². The maximum absolute atomic E-state index is 12.2. The number of ether oxygens (including phenoxy) is 2. The van der Waals surface area contributed by atoms with Gasteiger partial charge in [0.05, 0.1) is 11.6 Å². The molecule has 0 fully saturated rings. The van der Waals surface area contributed by atoms with Gasteiger partial charge in [-0.2, -0.15) is 0 Å². The van der Waals surface area contributed by atoms with Gasteiger partial charge in [-0.15, -0.1) is 0 Å². The number of carbonyl (C=O) groups excluding carboxylic acids is 1. The highest BCUT2D eigenvalue weighted by Gasteiger charge is 2.28. The number of benzene rings is 1. The summed E-state index contributed by atoms with van der Waals surface area (Å²) in [6.07, 6.45) is 0.867. The maximum Gasteiger partial charge on any atom is 0.256 e. The lowest BCUT2D eigenvalue weighted by Crippen LogP contribution is -2.40. The topological polar surface area (TPSA) is 47.6 Å². The molecule has 1 amide bonds. The summed E-state index contributed by atoms with van der Waals surface area (Å²) in [6, 6.07) is 5.16. The summed E-state index contributed by atoms with van der Waals surface area (Å²) < 4.78 is 10.9. The molecule has 1 aromatic carbocycles. The van der Waals surface area contributed by atoms with Crippen molar-refractivity contribution >= 4 is 23.2 Å². The van der Waals surface area contributed by atoms with Crippen LogP contribution in [0.1, 0.15) is 34.1 Å². The van der Waals surface area contributed by atoms with E-state index in [1.165, 1.54) is 0 Å². The Bertz CT molecular complexity index is 460. The van der Waals surface area contributed by atoms with Gasteiger partial charge in [0, 0.05) is 12.3 Å². The Balaban J connectivity index is 2.73. The van der Waals surface area contributed by atoms with Crippen LogP contribution in [-0.4, -0.2) is 24.7 Å². The normalized spacial score (nSPS) is 11.2. The van der Waals surface area contributed by atoms with Crippen LogP contribution in [0.4, 0.5) is 5.69 Å². The minimum absolute atomic E-state index is 0.203. The van der Waals surface area contributed by atoms with Crippen LogP contribution in [0, 0.1) is 0 Å². The van der Waals surface area contributed by atoms with Crippen molar-refractivity contribution in [2.24, 2.45) is 0 Å². The summed E-state index contributed by atoms with van der Waals surface area (Å²) in [5.41, 5.74) is -0.252. The Kier molecular flexibility index (Phi) is 6.30. The van der Waals surface area contributed by atoms with Crippen LogP contribution in [-0.2, 0) is 9.53 Å². The van der Waals surface area contributed by atoms with E-state index in [4.69, 9.17) is 21.1 Å². The molecule has 0 saturated carbocycles. The van der Waals surface area contributed by atoms with Gasteiger partial charge in [0.1, 0.15) is 11.4 Å². The molecule has 0 spiro atoms. The van der Waals surface area contributed by atoms with Crippen LogP contribution >= 0.6 is 11.6 Å². The highest BCUT2D eigenvalue weighted by atomic mass is 35.5. The van der Waals surface area contributed by atoms with Gasteiger partial charge in [-0.1, -0.05) is 18.5 Å². The van der Waals surface area contributed by atoms with E-state index in [1.807, 2.05) is 13.8 Å². The second-order valence-corrected chi connectivity index (χ2v) is 5.30. The molecule has 0 unspecified atom stereocenters. The maximum atomic E-state index is 12.2. The Labute approximate surface area is 125 Å². The molecule has 0 saturated heterocycles. The van der Waals surface area contributed by atoms with E-state index in [9.17, 15) is 4.79 Å². The summed E-state index contributed by atoms with van der Waals surface area (Å²) in [5, 5.41) is 3.27. The zero-order chi connectivity index (χ0) is 15.2. The average molecular weight is 300 g/mol. The summed E-state index contributed by atoms with van der Waals surface area (Å²) in [5.74, 6) is 0.403. The molecule has 0 aliphatic heterocycles. The molecule has 0 atom stereocenters. The van der Waals surface area contributed by atoms with Crippen molar-refractivity contribution in [3.63, 3.8) is 0 Å². The zero-order valence-corrected chi connectivity index (χ0v) is 13.2. The smallest absolute Gasteiger partial charge is 0.256 e. The number of amides is 1. The zero-order valence-electron chi connectivity index (χ0n) is 12.5. The van der Waals surface area contributed by atoms with Crippen molar-refractivity contribution < 1.29 is 14.3 Å². The first-order valence-corrected chi connectivity index (χ1v) is 7.16. The molecule has 20 heavy (non-hydrogen) atoms. The first-order chi connectivity index (χ1) is 9.40. The summed E-state index contributed by atoms with van der Waals surface area (Å²) in [4.78, 5) is 12.2. The van der Waals surface area contributed by atoms with Crippen molar-refractivity contribution in [1.82, 2.24) is 0 Å². The minimum Gasteiger partial charge on any atom is -0.492 e. The van der Waals surface area contributed by atoms with Gasteiger partial charge in [0.25, 0.3) is 5.91 Å². The third-order valence-corrected chi connectivity index (χ3v) is 3.00. The van der Waals surface area contributed by atoms with Gasteiger partial charge in [0.2, 0.25) is 0 Å². The van der Waals surface area contributed by atoms with Gasteiger partial charge in [-0.05, 0) is 45.4 Å². The number of hydrogen-bond acceptors (Lipinski definition) is 3. The molecule has 0 aliphatic carbocycles. The SMILES string of the molecule is CCCOC(C)(C)C(=O)Nc1ccc(OCC)c(Cl)c1. The Morgan fingerprint density at radius 3 is 2.60 bits per heavy atom. The lowest BCUT2D eigenvalue weighted by atomic mass is 10.1. The van der Waals surface area contributed by atoms with E-state index in [-0.39, 0.29) is 5.91 Å². The summed E-state index contributed by atoms with van der Waals surface area (Å²) in [7, 11) is 0. The van der Waals surface area contributed by atoms with Crippen molar-refractivity contribution in [2.45, 2.75) is 39.7 Å². The lowest BCUT2D eigenvalue weighted by molar-refractivity contribution is -0.137. The highest BCUT2D eigenvalue weighted by molar-refractivity contribution is 6.32. The van der Waals surface area contributed by atoms with E-state index in [0.717, 1.165) is 6.42 Å². The average Bonchev–Trinajstić information content (AvgIpc) is 2.39. The molecule has 112 valence electrons. The molecular formula is C15H22ClNO3. The van der Waals surface area contributed by atoms with Gasteiger partial charge < -0.3 is 14.8 Å². The number of hydrogen-bond donors (Lipinski definition) is 1. The molecule has 0 bridgehead atoms. The Morgan fingerprint density at radius 1 is 1.35 bits per heavy atom. The number of anilines is 1. The number of carbonyl (C=O) groups is 1. The van der Waals surface area contributed by atoms with E-state index in [1.54, 1.807) is 32.0 Å². The fraction of sp³-hybridized carbons (Fsp3) is 0.533. The lowest BCUT2D eigenvalue weighted by Gasteiger charge is -2.24. The van der Waals surface area contributed by atoms with Crippen LogP contribution in [0.25, 0.3) is 0 Å². The van der Waals surface area contributed by atoms with Crippen LogP contribution < -0.4 is 10.1 Å². The molecule has 0 heterocycles. The molecule has 4 nitrogen and oxygen atoms in total. The first kappa shape index (κ1) is 16.8.